The van der Waals surface area contributed by atoms with Crippen molar-refractivity contribution in [3.05, 3.63) is 29.8 Å². The molecule has 0 saturated carbocycles. The summed E-state index contributed by atoms with van der Waals surface area (Å²) >= 11 is 1.64. The zero-order valence-electron chi connectivity index (χ0n) is 12.1. The molecular weight excluding hydrogens is 272 g/mol. The molecule has 108 valence electrons. The minimum Gasteiger partial charge on any atom is -0.354 e. The molecule has 0 aromatic heterocycles. The van der Waals surface area contributed by atoms with Gasteiger partial charge in [-0.25, -0.2) is 0 Å². The number of carbonyl (C=O) groups is 2. The molecule has 1 aliphatic heterocycles. The SMILES string of the molecule is CSc1ccc(C(=O)N2CC(=O)NCC(C)(C)C2)cc1. The van der Waals surface area contributed by atoms with Crippen LogP contribution in [0.2, 0.25) is 0 Å². The van der Waals surface area contributed by atoms with Gasteiger partial charge in [0, 0.05) is 23.5 Å². The van der Waals surface area contributed by atoms with Crippen molar-refractivity contribution < 1.29 is 9.59 Å². The average Bonchev–Trinajstić information content (AvgIpc) is 2.57. The van der Waals surface area contributed by atoms with Crippen LogP contribution in [-0.4, -0.2) is 42.6 Å². The van der Waals surface area contributed by atoms with Crippen LogP contribution in [0.3, 0.4) is 0 Å². The van der Waals surface area contributed by atoms with Crippen LogP contribution in [0.15, 0.2) is 29.2 Å². The number of carbonyl (C=O) groups excluding carboxylic acids is 2. The molecule has 2 rings (SSSR count). The first-order chi connectivity index (χ1) is 9.41. The molecular formula is C15H20N2O2S. The van der Waals surface area contributed by atoms with Gasteiger partial charge in [0.1, 0.15) is 0 Å². The number of benzene rings is 1. The lowest BCUT2D eigenvalue weighted by atomic mass is 9.93. The molecule has 0 unspecified atom stereocenters. The molecule has 2 amide bonds. The maximum absolute atomic E-state index is 12.5. The summed E-state index contributed by atoms with van der Waals surface area (Å²) in [5.41, 5.74) is 0.523. The minimum atomic E-state index is -0.110. The zero-order valence-corrected chi connectivity index (χ0v) is 12.9. The number of nitrogens with zero attached hydrogens (tertiary/aromatic N) is 1. The normalized spacial score (nSPS) is 18.4. The van der Waals surface area contributed by atoms with E-state index in [0.717, 1.165) is 4.90 Å². The number of amides is 2. The fourth-order valence-electron chi connectivity index (χ4n) is 2.26. The molecule has 1 N–H and O–H groups in total. The van der Waals surface area contributed by atoms with Crippen LogP contribution in [-0.2, 0) is 4.79 Å². The Bertz CT molecular complexity index is 511. The van der Waals surface area contributed by atoms with Gasteiger partial charge in [0.25, 0.3) is 5.91 Å². The van der Waals surface area contributed by atoms with E-state index in [0.29, 0.717) is 18.7 Å². The molecule has 1 fully saturated rings. The second-order valence-electron chi connectivity index (χ2n) is 5.83. The minimum absolute atomic E-state index is 0.0808. The molecule has 1 aliphatic rings. The summed E-state index contributed by atoms with van der Waals surface area (Å²) < 4.78 is 0. The monoisotopic (exact) mass is 292 g/mol. The highest BCUT2D eigenvalue weighted by Crippen LogP contribution is 2.21. The van der Waals surface area contributed by atoms with E-state index in [-0.39, 0.29) is 23.8 Å². The van der Waals surface area contributed by atoms with Gasteiger partial charge in [-0.15, -0.1) is 11.8 Å². The van der Waals surface area contributed by atoms with Gasteiger partial charge >= 0.3 is 0 Å². The lowest BCUT2D eigenvalue weighted by molar-refractivity contribution is -0.121. The number of thioether (sulfide) groups is 1. The molecule has 0 aliphatic carbocycles. The van der Waals surface area contributed by atoms with Crippen molar-refractivity contribution in [2.45, 2.75) is 18.7 Å². The first kappa shape index (κ1) is 14.9. The summed E-state index contributed by atoms with van der Waals surface area (Å²) in [6.07, 6.45) is 2.00. The third kappa shape index (κ3) is 3.54. The van der Waals surface area contributed by atoms with Crippen molar-refractivity contribution in [1.82, 2.24) is 10.2 Å². The van der Waals surface area contributed by atoms with E-state index < -0.39 is 0 Å². The maximum atomic E-state index is 12.5. The van der Waals surface area contributed by atoms with Gasteiger partial charge in [0.15, 0.2) is 0 Å². The summed E-state index contributed by atoms with van der Waals surface area (Å²) in [6.45, 7) is 5.41. The number of nitrogens with one attached hydrogen (secondary N) is 1. The Balaban J connectivity index is 2.19. The van der Waals surface area contributed by atoms with Gasteiger partial charge in [-0.3, -0.25) is 9.59 Å². The Morgan fingerprint density at radius 1 is 1.30 bits per heavy atom. The van der Waals surface area contributed by atoms with Crippen molar-refractivity contribution in [3.8, 4) is 0 Å². The third-order valence-electron chi connectivity index (χ3n) is 3.34. The molecule has 1 aromatic rings. The Labute approximate surface area is 123 Å². The Hall–Kier alpha value is -1.49. The highest BCUT2D eigenvalue weighted by atomic mass is 32.2. The van der Waals surface area contributed by atoms with E-state index in [1.54, 1.807) is 16.7 Å². The van der Waals surface area contributed by atoms with Gasteiger partial charge < -0.3 is 10.2 Å². The van der Waals surface area contributed by atoms with Crippen LogP contribution in [0.4, 0.5) is 0 Å². The molecule has 4 nitrogen and oxygen atoms in total. The molecule has 0 bridgehead atoms. The molecule has 0 atom stereocenters. The first-order valence-electron chi connectivity index (χ1n) is 6.61. The molecule has 5 heteroatoms. The second-order valence-corrected chi connectivity index (χ2v) is 6.71. The van der Waals surface area contributed by atoms with Crippen LogP contribution in [0.25, 0.3) is 0 Å². The van der Waals surface area contributed by atoms with Gasteiger partial charge in [0.05, 0.1) is 6.54 Å². The van der Waals surface area contributed by atoms with Crippen molar-refractivity contribution >= 4 is 23.6 Å². The number of hydrogen-bond donors (Lipinski definition) is 1. The van der Waals surface area contributed by atoms with E-state index in [1.807, 2.05) is 30.5 Å². The third-order valence-corrected chi connectivity index (χ3v) is 4.09. The quantitative estimate of drug-likeness (QED) is 0.848. The summed E-state index contributed by atoms with van der Waals surface area (Å²) in [4.78, 5) is 27.0. The Kier molecular flexibility index (Phi) is 4.38. The first-order valence-corrected chi connectivity index (χ1v) is 7.84. The number of rotatable bonds is 2. The Morgan fingerprint density at radius 3 is 2.55 bits per heavy atom. The van der Waals surface area contributed by atoms with E-state index >= 15 is 0 Å². The van der Waals surface area contributed by atoms with Crippen LogP contribution >= 0.6 is 11.8 Å². The summed E-state index contributed by atoms with van der Waals surface area (Å²) in [7, 11) is 0. The highest BCUT2D eigenvalue weighted by molar-refractivity contribution is 7.98. The predicted octanol–water partition coefficient (Wildman–Crippen LogP) is 2.01. The zero-order chi connectivity index (χ0) is 14.8. The van der Waals surface area contributed by atoms with Crippen LogP contribution in [0, 0.1) is 5.41 Å². The molecule has 20 heavy (non-hydrogen) atoms. The lowest BCUT2D eigenvalue weighted by Crippen LogP contribution is -2.39. The standard InChI is InChI=1S/C15H20N2O2S/c1-15(2)9-16-13(18)8-17(10-15)14(19)11-4-6-12(20-3)7-5-11/h4-7H,8-10H2,1-3H3,(H,16,18). The highest BCUT2D eigenvalue weighted by Gasteiger charge is 2.30. The molecule has 1 heterocycles. The van der Waals surface area contributed by atoms with E-state index in [9.17, 15) is 9.59 Å². The van der Waals surface area contributed by atoms with Crippen molar-refractivity contribution in [3.63, 3.8) is 0 Å². The average molecular weight is 292 g/mol. The van der Waals surface area contributed by atoms with Crippen molar-refractivity contribution in [2.24, 2.45) is 5.41 Å². The second kappa shape index (κ2) is 5.87. The van der Waals surface area contributed by atoms with E-state index in [4.69, 9.17) is 0 Å². The lowest BCUT2D eigenvalue weighted by Gasteiger charge is -2.28. The van der Waals surface area contributed by atoms with E-state index in [2.05, 4.69) is 19.2 Å². The van der Waals surface area contributed by atoms with Crippen molar-refractivity contribution in [1.29, 1.82) is 0 Å². The molecule has 0 spiro atoms. The van der Waals surface area contributed by atoms with Crippen LogP contribution < -0.4 is 5.32 Å². The topological polar surface area (TPSA) is 49.4 Å². The van der Waals surface area contributed by atoms with Gasteiger partial charge in [-0.05, 0) is 35.9 Å². The van der Waals surface area contributed by atoms with Crippen LogP contribution in [0.1, 0.15) is 24.2 Å². The largest absolute Gasteiger partial charge is 0.354 e. The van der Waals surface area contributed by atoms with Crippen molar-refractivity contribution in [2.75, 3.05) is 25.9 Å². The Morgan fingerprint density at radius 2 is 1.95 bits per heavy atom. The van der Waals surface area contributed by atoms with Crippen LogP contribution in [0.5, 0.6) is 0 Å². The number of hydrogen-bond acceptors (Lipinski definition) is 3. The summed E-state index contributed by atoms with van der Waals surface area (Å²) in [5.74, 6) is -0.174. The fraction of sp³-hybridized carbons (Fsp3) is 0.467. The summed E-state index contributed by atoms with van der Waals surface area (Å²) in [6, 6.07) is 7.51. The smallest absolute Gasteiger partial charge is 0.254 e. The van der Waals surface area contributed by atoms with E-state index in [1.165, 1.54) is 0 Å². The summed E-state index contributed by atoms with van der Waals surface area (Å²) in [5, 5.41) is 2.85. The molecule has 1 aromatic carbocycles. The fourth-order valence-corrected chi connectivity index (χ4v) is 2.66. The van der Waals surface area contributed by atoms with Gasteiger partial charge in [-0.1, -0.05) is 13.8 Å². The molecule has 1 saturated heterocycles. The van der Waals surface area contributed by atoms with Gasteiger partial charge in [0.2, 0.25) is 5.91 Å². The van der Waals surface area contributed by atoms with Gasteiger partial charge in [-0.2, -0.15) is 0 Å². The predicted molar refractivity (Wildman–Crippen MR) is 80.9 cm³/mol. The maximum Gasteiger partial charge on any atom is 0.254 e. The molecule has 0 radical (unpaired) electrons.